The average molecular weight is 214 g/mol. The summed E-state index contributed by atoms with van der Waals surface area (Å²) in [7, 11) is 0. The summed E-state index contributed by atoms with van der Waals surface area (Å²) in [6.45, 7) is 2.29. The van der Waals surface area contributed by atoms with E-state index in [0.29, 0.717) is 18.8 Å². The van der Waals surface area contributed by atoms with Gasteiger partial charge in [0.2, 0.25) is 0 Å². The normalized spacial score (nSPS) is 12.7. The minimum absolute atomic E-state index is 0.00174. The minimum atomic E-state index is -0.905. The van der Waals surface area contributed by atoms with Gasteiger partial charge in [0.1, 0.15) is 6.04 Å². The molecule has 7 nitrogen and oxygen atoms in total. The molecule has 0 fully saturated rings. The standard InChI is InChI=1S/C8H14N4O3/c1-6(8(14)15)9-4-7-5-12(2-3-13)11-10-7/h5-6,9,13H,2-4H2,1H3,(H,14,15). The lowest BCUT2D eigenvalue weighted by molar-refractivity contribution is -0.139. The highest BCUT2D eigenvalue weighted by Crippen LogP contribution is 1.93. The van der Waals surface area contributed by atoms with Gasteiger partial charge in [-0.05, 0) is 6.92 Å². The number of nitrogens with zero attached hydrogens (tertiary/aromatic N) is 3. The van der Waals surface area contributed by atoms with E-state index in [1.54, 1.807) is 13.1 Å². The SMILES string of the molecule is CC(NCc1cn(CCO)nn1)C(=O)O. The topological polar surface area (TPSA) is 100 Å². The first-order valence-corrected chi connectivity index (χ1v) is 4.59. The number of aliphatic hydroxyl groups is 1. The number of rotatable bonds is 6. The Kier molecular flexibility index (Phi) is 4.19. The molecule has 1 heterocycles. The molecular formula is C8H14N4O3. The predicted molar refractivity (Wildman–Crippen MR) is 51.0 cm³/mol. The van der Waals surface area contributed by atoms with Crippen molar-refractivity contribution in [3.05, 3.63) is 11.9 Å². The molecule has 1 unspecified atom stereocenters. The second-order valence-corrected chi connectivity index (χ2v) is 3.14. The van der Waals surface area contributed by atoms with Gasteiger partial charge in [0.15, 0.2) is 0 Å². The minimum Gasteiger partial charge on any atom is -0.480 e. The van der Waals surface area contributed by atoms with Crippen molar-refractivity contribution in [1.29, 1.82) is 0 Å². The fourth-order valence-electron chi connectivity index (χ4n) is 0.976. The molecule has 0 aliphatic carbocycles. The van der Waals surface area contributed by atoms with Gasteiger partial charge in [0.25, 0.3) is 0 Å². The lowest BCUT2D eigenvalue weighted by atomic mass is 10.3. The summed E-state index contributed by atoms with van der Waals surface area (Å²) in [5.74, 6) is -0.905. The van der Waals surface area contributed by atoms with Gasteiger partial charge in [0.05, 0.1) is 18.8 Å². The molecule has 0 radical (unpaired) electrons. The van der Waals surface area contributed by atoms with Gasteiger partial charge >= 0.3 is 5.97 Å². The van der Waals surface area contributed by atoms with E-state index in [4.69, 9.17) is 10.2 Å². The number of aromatic nitrogens is 3. The lowest BCUT2D eigenvalue weighted by Crippen LogP contribution is -2.33. The molecule has 0 saturated heterocycles. The zero-order valence-electron chi connectivity index (χ0n) is 8.42. The van der Waals surface area contributed by atoms with Crippen LogP contribution in [0, 0.1) is 0 Å². The van der Waals surface area contributed by atoms with Crippen LogP contribution in [0.3, 0.4) is 0 Å². The first-order chi connectivity index (χ1) is 7.13. The summed E-state index contributed by atoms with van der Waals surface area (Å²) in [5.41, 5.74) is 0.650. The predicted octanol–water partition coefficient (Wildman–Crippen LogP) is -1.17. The number of aliphatic carboxylic acids is 1. The second kappa shape index (κ2) is 5.42. The van der Waals surface area contributed by atoms with Gasteiger partial charge in [-0.1, -0.05) is 5.21 Å². The maximum absolute atomic E-state index is 10.5. The third-order valence-electron chi connectivity index (χ3n) is 1.87. The van der Waals surface area contributed by atoms with Crippen LogP contribution in [0.2, 0.25) is 0 Å². The van der Waals surface area contributed by atoms with Crippen LogP contribution in [0.1, 0.15) is 12.6 Å². The Balaban J connectivity index is 2.40. The average Bonchev–Trinajstić information content (AvgIpc) is 2.62. The van der Waals surface area contributed by atoms with Crippen LogP contribution in [-0.4, -0.2) is 43.8 Å². The molecule has 7 heteroatoms. The summed E-state index contributed by atoms with van der Waals surface area (Å²) < 4.78 is 1.50. The molecule has 84 valence electrons. The van der Waals surface area contributed by atoms with Gasteiger partial charge < -0.3 is 10.2 Å². The largest absolute Gasteiger partial charge is 0.480 e. The molecule has 1 aromatic heterocycles. The number of carboxylic acids is 1. The first-order valence-electron chi connectivity index (χ1n) is 4.59. The molecule has 0 saturated carbocycles. The van der Waals surface area contributed by atoms with Gasteiger partial charge in [0, 0.05) is 12.7 Å². The summed E-state index contributed by atoms with van der Waals surface area (Å²) in [5, 5.41) is 27.6. The molecule has 0 amide bonds. The quantitative estimate of drug-likeness (QED) is 0.552. The van der Waals surface area contributed by atoms with Crippen LogP contribution in [-0.2, 0) is 17.9 Å². The third-order valence-corrected chi connectivity index (χ3v) is 1.87. The molecule has 1 aromatic rings. The molecular weight excluding hydrogens is 200 g/mol. The molecule has 1 atom stereocenters. The molecule has 3 N–H and O–H groups in total. The van der Waals surface area contributed by atoms with E-state index in [0.717, 1.165) is 0 Å². The van der Waals surface area contributed by atoms with E-state index in [1.807, 2.05) is 0 Å². The Morgan fingerprint density at radius 3 is 3.07 bits per heavy atom. The van der Waals surface area contributed by atoms with Crippen LogP contribution >= 0.6 is 0 Å². The van der Waals surface area contributed by atoms with Gasteiger partial charge in [-0.3, -0.25) is 10.1 Å². The van der Waals surface area contributed by atoms with E-state index >= 15 is 0 Å². The van der Waals surface area contributed by atoms with Crippen molar-refractivity contribution in [1.82, 2.24) is 20.3 Å². The smallest absolute Gasteiger partial charge is 0.320 e. The van der Waals surface area contributed by atoms with Crippen molar-refractivity contribution >= 4 is 5.97 Å². The second-order valence-electron chi connectivity index (χ2n) is 3.14. The van der Waals surface area contributed by atoms with Crippen LogP contribution in [0.4, 0.5) is 0 Å². The molecule has 0 aliphatic rings. The summed E-state index contributed by atoms with van der Waals surface area (Å²) in [6.07, 6.45) is 1.66. The molecule has 0 bridgehead atoms. The van der Waals surface area contributed by atoms with Gasteiger partial charge in [-0.25, -0.2) is 4.68 Å². The fraction of sp³-hybridized carbons (Fsp3) is 0.625. The molecule has 0 spiro atoms. The highest BCUT2D eigenvalue weighted by atomic mass is 16.4. The van der Waals surface area contributed by atoms with E-state index in [-0.39, 0.29) is 6.61 Å². The molecule has 15 heavy (non-hydrogen) atoms. The number of hydrogen-bond acceptors (Lipinski definition) is 5. The van der Waals surface area contributed by atoms with Crippen molar-refractivity contribution in [2.75, 3.05) is 6.61 Å². The van der Waals surface area contributed by atoms with Gasteiger partial charge in [-0.15, -0.1) is 5.10 Å². The Morgan fingerprint density at radius 1 is 1.73 bits per heavy atom. The van der Waals surface area contributed by atoms with Crippen LogP contribution in [0.5, 0.6) is 0 Å². The summed E-state index contributed by atoms with van der Waals surface area (Å²) in [4.78, 5) is 10.5. The number of carbonyl (C=O) groups is 1. The molecule has 0 aliphatic heterocycles. The first kappa shape index (κ1) is 11.6. The number of hydrogen-bond donors (Lipinski definition) is 3. The number of nitrogens with one attached hydrogen (secondary N) is 1. The third kappa shape index (κ3) is 3.64. The molecule has 0 aromatic carbocycles. The van der Waals surface area contributed by atoms with E-state index < -0.39 is 12.0 Å². The van der Waals surface area contributed by atoms with Crippen molar-refractivity contribution < 1.29 is 15.0 Å². The highest BCUT2D eigenvalue weighted by molar-refractivity contribution is 5.72. The van der Waals surface area contributed by atoms with E-state index in [2.05, 4.69) is 15.6 Å². The van der Waals surface area contributed by atoms with Gasteiger partial charge in [-0.2, -0.15) is 0 Å². The van der Waals surface area contributed by atoms with Crippen molar-refractivity contribution in [2.45, 2.75) is 26.1 Å². The van der Waals surface area contributed by atoms with Crippen molar-refractivity contribution in [2.24, 2.45) is 0 Å². The number of aliphatic hydroxyl groups excluding tert-OH is 1. The van der Waals surface area contributed by atoms with Crippen LogP contribution in [0.25, 0.3) is 0 Å². The lowest BCUT2D eigenvalue weighted by Gasteiger charge is -2.05. The molecule has 1 rings (SSSR count). The zero-order chi connectivity index (χ0) is 11.3. The maximum Gasteiger partial charge on any atom is 0.320 e. The fourth-order valence-corrected chi connectivity index (χ4v) is 0.976. The Bertz CT molecular complexity index is 325. The Labute approximate surface area is 86.7 Å². The van der Waals surface area contributed by atoms with Crippen molar-refractivity contribution in [3.63, 3.8) is 0 Å². The Hall–Kier alpha value is -1.47. The van der Waals surface area contributed by atoms with Crippen LogP contribution in [0.15, 0.2) is 6.20 Å². The zero-order valence-corrected chi connectivity index (χ0v) is 8.42. The van der Waals surface area contributed by atoms with Crippen molar-refractivity contribution in [3.8, 4) is 0 Å². The van der Waals surface area contributed by atoms with E-state index in [9.17, 15) is 4.79 Å². The van der Waals surface area contributed by atoms with Crippen LogP contribution < -0.4 is 5.32 Å². The monoisotopic (exact) mass is 214 g/mol. The summed E-state index contributed by atoms with van der Waals surface area (Å²) >= 11 is 0. The maximum atomic E-state index is 10.5. The summed E-state index contributed by atoms with van der Waals surface area (Å²) in [6, 6.07) is -0.618. The Morgan fingerprint density at radius 2 is 2.47 bits per heavy atom. The van der Waals surface area contributed by atoms with E-state index in [1.165, 1.54) is 4.68 Å². The highest BCUT2D eigenvalue weighted by Gasteiger charge is 2.10. The number of carboxylic acid groups (broad SMARTS) is 1.